The molecule has 0 bridgehead atoms. The lowest BCUT2D eigenvalue weighted by Crippen LogP contribution is -2.42. The minimum atomic E-state index is -2.92. The number of likely N-dealkylation sites (N-methyl/N-ethyl adjacent to an activating group) is 1. The summed E-state index contributed by atoms with van der Waals surface area (Å²) in [6.45, 7) is 3.01. The second-order valence-corrected chi connectivity index (χ2v) is 8.43. The van der Waals surface area contributed by atoms with Crippen LogP contribution in [0.3, 0.4) is 0 Å². The van der Waals surface area contributed by atoms with Crippen LogP contribution in [0.5, 0.6) is 0 Å². The standard InChI is InChI=1S/C16H26N2O2S/c1-3-18-16(10-13-6-5-9-17-12-13)14-7-4-8-15(11-14)21(2,19)20/h5-6,9,12,14-16,18H,3-4,7-8,10-11H2,1-2H3. The minimum absolute atomic E-state index is 0.161. The Bertz CT molecular complexity index is 530. The van der Waals surface area contributed by atoms with Crippen molar-refractivity contribution in [3.05, 3.63) is 30.1 Å². The molecule has 21 heavy (non-hydrogen) atoms. The first kappa shape index (κ1) is 16.4. The lowest BCUT2D eigenvalue weighted by atomic mass is 9.81. The third-order valence-corrected chi connectivity index (χ3v) is 6.13. The predicted molar refractivity (Wildman–Crippen MR) is 86.0 cm³/mol. The van der Waals surface area contributed by atoms with Crippen LogP contribution in [0.1, 0.15) is 38.2 Å². The number of hydrogen-bond acceptors (Lipinski definition) is 4. The van der Waals surface area contributed by atoms with Gasteiger partial charge in [-0.15, -0.1) is 0 Å². The number of hydrogen-bond donors (Lipinski definition) is 1. The van der Waals surface area contributed by atoms with Gasteiger partial charge >= 0.3 is 0 Å². The summed E-state index contributed by atoms with van der Waals surface area (Å²) in [6, 6.07) is 4.39. The molecule has 118 valence electrons. The number of nitrogens with one attached hydrogen (secondary N) is 1. The van der Waals surface area contributed by atoms with Gasteiger partial charge < -0.3 is 5.32 Å². The number of pyridine rings is 1. The van der Waals surface area contributed by atoms with Crippen molar-refractivity contribution in [2.75, 3.05) is 12.8 Å². The van der Waals surface area contributed by atoms with E-state index in [0.29, 0.717) is 12.0 Å². The van der Waals surface area contributed by atoms with Gasteiger partial charge in [-0.2, -0.15) is 0 Å². The molecule has 1 N–H and O–H groups in total. The minimum Gasteiger partial charge on any atom is -0.314 e. The van der Waals surface area contributed by atoms with Crippen LogP contribution in [-0.4, -0.2) is 37.5 Å². The maximum Gasteiger partial charge on any atom is 0.150 e. The van der Waals surface area contributed by atoms with Gasteiger partial charge in [0.15, 0.2) is 0 Å². The van der Waals surface area contributed by atoms with E-state index < -0.39 is 9.84 Å². The van der Waals surface area contributed by atoms with Gasteiger partial charge in [-0.1, -0.05) is 19.4 Å². The summed E-state index contributed by atoms with van der Waals surface area (Å²) in [5, 5.41) is 3.39. The molecule has 1 heterocycles. The molecule has 0 aromatic carbocycles. The summed E-state index contributed by atoms with van der Waals surface area (Å²) in [5.41, 5.74) is 1.21. The van der Waals surface area contributed by atoms with E-state index in [-0.39, 0.29) is 5.25 Å². The van der Waals surface area contributed by atoms with Crippen molar-refractivity contribution in [2.45, 2.75) is 50.3 Å². The van der Waals surface area contributed by atoms with E-state index in [2.05, 4.69) is 23.3 Å². The Morgan fingerprint density at radius 3 is 2.86 bits per heavy atom. The molecule has 2 rings (SSSR count). The largest absolute Gasteiger partial charge is 0.314 e. The summed E-state index contributed by atoms with van der Waals surface area (Å²) in [5.74, 6) is 0.429. The van der Waals surface area contributed by atoms with Gasteiger partial charge in [-0.05, 0) is 49.8 Å². The van der Waals surface area contributed by atoms with Crippen molar-refractivity contribution >= 4 is 9.84 Å². The summed E-state index contributed by atoms with van der Waals surface area (Å²) in [7, 11) is -2.92. The zero-order valence-electron chi connectivity index (χ0n) is 13.0. The van der Waals surface area contributed by atoms with Gasteiger partial charge in [-0.3, -0.25) is 4.98 Å². The molecule has 1 aromatic rings. The SMILES string of the molecule is CCNC(Cc1cccnc1)C1CCCC(S(C)(=O)=O)C1. The molecular weight excluding hydrogens is 284 g/mol. The van der Waals surface area contributed by atoms with Crippen LogP contribution in [0.25, 0.3) is 0 Å². The van der Waals surface area contributed by atoms with E-state index in [1.54, 1.807) is 6.20 Å². The first-order valence-corrected chi connectivity index (χ1v) is 9.77. The third kappa shape index (κ3) is 4.78. The van der Waals surface area contributed by atoms with E-state index in [9.17, 15) is 8.42 Å². The van der Waals surface area contributed by atoms with Gasteiger partial charge in [0.2, 0.25) is 0 Å². The lowest BCUT2D eigenvalue weighted by Gasteiger charge is -2.34. The van der Waals surface area contributed by atoms with Crippen LogP contribution in [0.4, 0.5) is 0 Å². The van der Waals surface area contributed by atoms with Crippen LogP contribution >= 0.6 is 0 Å². The Hall–Kier alpha value is -0.940. The van der Waals surface area contributed by atoms with Crippen molar-refractivity contribution in [1.82, 2.24) is 10.3 Å². The summed E-state index contributed by atoms with van der Waals surface area (Å²) in [4.78, 5) is 4.17. The van der Waals surface area contributed by atoms with E-state index in [0.717, 1.165) is 38.6 Å². The molecular formula is C16H26N2O2S. The third-order valence-electron chi connectivity index (χ3n) is 4.49. The Balaban J connectivity index is 2.07. The van der Waals surface area contributed by atoms with Crippen LogP contribution in [0.2, 0.25) is 0 Å². The number of rotatable bonds is 6. The van der Waals surface area contributed by atoms with Crippen molar-refractivity contribution < 1.29 is 8.42 Å². The van der Waals surface area contributed by atoms with Crippen LogP contribution < -0.4 is 5.32 Å². The average Bonchev–Trinajstić information content (AvgIpc) is 2.47. The van der Waals surface area contributed by atoms with Gasteiger partial charge in [0.1, 0.15) is 9.84 Å². The molecule has 1 fully saturated rings. The molecule has 0 amide bonds. The van der Waals surface area contributed by atoms with Gasteiger partial charge in [0, 0.05) is 24.7 Å². The fourth-order valence-corrected chi connectivity index (χ4v) is 4.57. The molecule has 0 saturated heterocycles. The smallest absolute Gasteiger partial charge is 0.150 e. The van der Waals surface area contributed by atoms with Gasteiger partial charge in [-0.25, -0.2) is 8.42 Å². The lowest BCUT2D eigenvalue weighted by molar-refractivity contribution is 0.270. The Labute approximate surface area is 128 Å². The van der Waals surface area contributed by atoms with E-state index >= 15 is 0 Å². The zero-order chi connectivity index (χ0) is 15.3. The summed E-state index contributed by atoms with van der Waals surface area (Å²) in [6.07, 6.45) is 9.72. The van der Waals surface area contributed by atoms with E-state index in [4.69, 9.17) is 0 Å². The molecule has 1 saturated carbocycles. The normalized spacial score (nSPS) is 24.7. The molecule has 3 atom stereocenters. The van der Waals surface area contributed by atoms with Crippen LogP contribution in [-0.2, 0) is 16.3 Å². The highest BCUT2D eigenvalue weighted by molar-refractivity contribution is 7.91. The molecule has 3 unspecified atom stereocenters. The van der Waals surface area contributed by atoms with Crippen molar-refractivity contribution in [3.8, 4) is 0 Å². The van der Waals surface area contributed by atoms with Crippen molar-refractivity contribution in [2.24, 2.45) is 5.92 Å². The van der Waals surface area contributed by atoms with E-state index in [1.165, 1.54) is 11.8 Å². The molecule has 1 aliphatic rings. The Morgan fingerprint density at radius 1 is 1.43 bits per heavy atom. The fourth-order valence-electron chi connectivity index (χ4n) is 3.38. The highest BCUT2D eigenvalue weighted by Crippen LogP contribution is 2.31. The maximum atomic E-state index is 11.8. The van der Waals surface area contributed by atoms with E-state index in [1.807, 2.05) is 12.3 Å². The quantitative estimate of drug-likeness (QED) is 0.875. The molecule has 1 aromatic heterocycles. The number of sulfone groups is 1. The second kappa shape index (κ2) is 7.36. The number of nitrogens with zero attached hydrogens (tertiary/aromatic N) is 1. The first-order valence-electron chi connectivity index (χ1n) is 7.82. The average molecular weight is 310 g/mol. The van der Waals surface area contributed by atoms with Crippen LogP contribution in [0.15, 0.2) is 24.5 Å². The van der Waals surface area contributed by atoms with Crippen molar-refractivity contribution in [3.63, 3.8) is 0 Å². The zero-order valence-corrected chi connectivity index (χ0v) is 13.8. The number of aromatic nitrogens is 1. The monoisotopic (exact) mass is 310 g/mol. The molecule has 5 heteroatoms. The Morgan fingerprint density at radius 2 is 2.24 bits per heavy atom. The van der Waals surface area contributed by atoms with Gasteiger partial charge in [0.25, 0.3) is 0 Å². The highest BCUT2D eigenvalue weighted by Gasteiger charge is 2.32. The van der Waals surface area contributed by atoms with Crippen molar-refractivity contribution in [1.29, 1.82) is 0 Å². The fraction of sp³-hybridized carbons (Fsp3) is 0.688. The highest BCUT2D eigenvalue weighted by atomic mass is 32.2. The summed E-state index contributed by atoms with van der Waals surface area (Å²) < 4.78 is 23.7. The summed E-state index contributed by atoms with van der Waals surface area (Å²) >= 11 is 0. The first-order chi connectivity index (χ1) is 10.0. The predicted octanol–water partition coefficient (Wildman–Crippen LogP) is 2.21. The molecule has 4 nitrogen and oxygen atoms in total. The Kier molecular flexibility index (Phi) is 5.76. The molecule has 0 radical (unpaired) electrons. The molecule has 1 aliphatic carbocycles. The van der Waals surface area contributed by atoms with Gasteiger partial charge in [0.05, 0.1) is 5.25 Å². The second-order valence-electron chi connectivity index (χ2n) is 6.11. The molecule has 0 aliphatic heterocycles. The molecule has 0 spiro atoms. The maximum absolute atomic E-state index is 11.8. The topological polar surface area (TPSA) is 59.1 Å². The van der Waals surface area contributed by atoms with Crippen LogP contribution in [0, 0.1) is 5.92 Å².